The Labute approximate surface area is 156 Å². The fourth-order valence-electron chi connectivity index (χ4n) is 1.68. The molecule has 0 aliphatic carbocycles. The van der Waals surface area contributed by atoms with Gasteiger partial charge in [0.25, 0.3) is 5.91 Å². The predicted octanol–water partition coefficient (Wildman–Crippen LogP) is 1.42. The van der Waals surface area contributed by atoms with Gasteiger partial charge in [0.15, 0.2) is 5.76 Å². The number of amides is 1. The molecule has 0 saturated carbocycles. The summed E-state index contributed by atoms with van der Waals surface area (Å²) in [5.74, 6) is -3.33. The average molecular weight is 429 g/mol. The Morgan fingerprint density at radius 2 is 1.77 bits per heavy atom. The fraction of sp³-hybridized carbons (Fsp3) is 0.188. The van der Waals surface area contributed by atoms with Crippen LogP contribution in [0.1, 0.15) is 16.1 Å². The number of aromatic hydroxyl groups is 1. The summed E-state index contributed by atoms with van der Waals surface area (Å²) in [5.41, 5.74) is 0.803. The van der Waals surface area contributed by atoms with Crippen molar-refractivity contribution in [3.8, 4) is 5.75 Å². The molecule has 0 unspecified atom stereocenters. The maximum atomic E-state index is 11.6. The fourth-order valence-corrected chi connectivity index (χ4v) is 2.09. The number of carboxylic acids is 2. The Kier molecular flexibility index (Phi) is 8.88. The zero-order valence-corrected chi connectivity index (χ0v) is 15.0. The molecule has 0 aliphatic heterocycles. The molecule has 0 radical (unpaired) electrons. The number of benzene rings is 1. The number of aliphatic carboxylic acids is 2. The molecule has 5 N–H and O–H groups in total. The number of rotatable bonds is 6. The van der Waals surface area contributed by atoms with Crippen molar-refractivity contribution >= 4 is 33.8 Å². The number of nitrogens with one attached hydrogen (secondary N) is 2. The summed E-state index contributed by atoms with van der Waals surface area (Å²) < 4.78 is 5.89. The molecule has 0 bridgehead atoms. The van der Waals surface area contributed by atoms with E-state index in [9.17, 15) is 9.90 Å². The maximum Gasteiger partial charge on any atom is 0.414 e. The lowest BCUT2D eigenvalue weighted by molar-refractivity contribution is -0.159. The van der Waals surface area contributed by atoms with E-state index in [-0.39, 0.29) is 11.7 Å². The summed E-state index contributed by atoms with van der Waals surface area (Å²) in [6, 6.07) is 8.55. The number of phenols is 1. The van der Waals surface area contributed by atoms with Gasteiger partial charge in [0, 0.05) is 29.7 Å². The standard InChI is InChI=1S/C14H15BrN2O3.C2H2O4/c15-11-3-4-12(18)10(8-11)9-16-5-6-17-14(19)13-2-1-7-20-13;3-1(4)2(5)6/h1-4,7-8,16,18H,5-6,9H2,(H,17,19);(H,3,4)(H,5,6). The van der Waals surface area contributed by atoms with E-state index in [0.29, 0.717) is 25.4 Å². The molecule has 10 heteroatoms. The number of phenolic OH excluding ortho intramolecular Hbond substituents is 1. The Morgan fingerprint density at radius 3 is 2.35 bits per heavy atom. The van der Waals surface area contributed by atoms with Gasteiger partial charge in [-0.15, -0.1) is 0 Å². The Bertz CT molecular complexity index is 735. The first-order chi connectivity index (χ1) is 12.3. The van der Waals surface area contributed by atoms with Gasteiger partial charge < -0.3 is 30.4 Å². The highest BCUT2D eigenvalue weighted by Crippen LogP contribution is 2.21. The number of carboxylic acid groups (broad SMARTS) is 2. The van der Waals surface area contributed by atoms with Crippen LogP contribution in [0.5, 0.6) is 5.75 Å². The molecule has 9 nitrogen and oxygen atoms in total. The molecule has 1 aromatic heterocycles. The maximum absolute atomic E-state index is 11.6. The van der Waals surface area contributed by atoms with E-state index in [1.807, 2.05) is 6.07 Å². The second-order valence-corrected chi connectivity index (χ2v) is 5.71. The van der Waals surface area contributed by atoms with Crippen LogP contribution in [0.15, 0.2) is 45.5 Å². The number of hydrogen-bond acceptors (Lipinski definition) is 6. The van der Waals surface area contributed by atoms with Gasteiger partial charge in [0.1, 0.15) is 5.75 Å². The van der Waals surface area contributed by atoms with E-state index in [2.05, 4.69) is 26.6 Å². The molecular weight excluding hydrogens is 412 g/mol. The zero-order valence-electron chi connectivity index (χ0n) is 13.4. The monoisotopic (exact) mass is 428 g/mol. The molecule has 1 amide bonds. The third kappa shape index (κ3) is 7.81. The topological polar surface area (TPSA) is 149 Å². The van der Waals surface area contributed by atoms with Crippen molar-refractivity contribution in [2.75, 3.05) is 13.1 Å². The van der Waals surface area contributed by atoms with Crippen LogP contribution in [0.25, 0.3) is 0 Å². The summed E-state index contributed by atoms with van der Waals surface area (Å²) in [7, 11) is 0. The van der Waals surface area contributed by atoms with E-state index in [1.165, 1.54) is 6.26 Å². The summed E-state index contributed by atoms with van der Waals surface area (Å²) in [4.78, 5) is 29.8. The van der Waals surface area contributed by atoms with Crippen LogP contribution in [0.4, 0.5) is 0 Å². The lowest BCUT2D eigenvalue weighted by Gasteiger charge is -2.08. The van der Waals surface area contributed by atoms with Crippen LogP contribution in [0, 0.1) is 0 Å². The van der Waals surface area contributed by atoms with Crippen molar-refractivity contribution in [3.63, 3.8) is 0 Å². The molecule has 1 aromatic carbocycles. The van der Waals surface area contributed by atoms with Gasteiger partial charge in [-0.1, -0.05) is 15.9 Å². The largest absolute Gasteiger partial charge is 0.508 e. The highest BCUT2D eigenvalue weighted by molar-refractivity contribution is 9.10. The van der Waals surface area contributed by atoms with Crippen molar-refractivity contribution in [1.82, 2.24) is 10.6 Å². The molecule has 0 atom stereocenters. The van der Waals surface area contributed by atoms with Gasteiger partial charge in [0.05, 0.1) is 6.26 Å². The Hall–Kier alpha value is -2.85. The lowest BCUT2D eigenvalue weighted by Crippen LogP contribution is -2.31. The quantitative estimate of drug-likeness (QED) is 0.342. The average Bonchev–Trinajstić information content (AvgIpc) is 3.12. The van der Waals surface area contributed by atoms with Crippen molar-refractivity contribution < 1.29 is 34.1 Å². The van der Waals surface area contributed by atoms with Gasteiger partial charge in [-0.05, 0) is 30.3 Å². The van der Waals surface area contributed by atoms with Gasteiger partial charge in [-0.2, -0.15) is 0 Å². The number of hydrogen-bond donors (Lipinski definition) is 5. The van der Waals surface area contributed by atoms with Crippen LogP contribution >= 0.6 is 15.9 Å². The minimum Gasteiger partial charge on any atom is -0.508 e. The van der Waals surface area contributed by atoms with Crippen molar-refractivity contribution in [1.29, 1.82) is 0 Å². The number of carbonyl (C=O) groups excluding carboxylic acids is 1. The van der Waals surface area contributed by atoms with Crippen molar-refractivity contribution in [2.45, 2.75) is 6.54 Å². The molecule has 26 heavy (non-hydrogen) atoms. The normalized spacial score (nSPS) is 9.73. The first-order valence-electron chi connectivity index (χ1n) is 7.27. The molecule has 0 spiro atoms. The van der Waals surface area contributed by atoms with Gasteiger partial charge in [-0.25, -0.2) is 9.59 Å². The summed E-state index contributed by atoms with van der Waals surface area (Å²) in [5, 5.41) is 30.3. The zero-order chi connectivity index (χ0) is 19.5. The summed E-state index contributed by atoms with van der Waals surface area (Å²) in [6.45, 7) is 1.61. The first-order valence-corrected chi connectivity index (χ1v) is 8.06. The lowest BCUT2D eigenvalue weighted by atomic mass is 10.2. The smallest absolute Gasteiger partial charge is 0.414 e. The Morgan fingerprint density at radius 1 is 1.08 bits per heavy atom. The molecule has 0 fully saturated rings. The number of furan rings is 1. The number of halogens is 1. The van der Waals surface area contributed by atoms with E-state index in [4.69, 9.17) is 24.2 Å². The van der Waals surface area contributed by atoms with E-state index in [1.54, 1.807) is 24.3 Å². The van der Waals surface area contributed by atoms with Crippen molar-refractivity contribution in [2.24, 2.45) is 0 Å². The second kappa shape index (κ2) is 10.9. The minimum atomic E-state index is -1.82. The molecule has 0 aliphatic rings. The van der Waals surface area contributed by atoms with Crippen LogP contribution < -0.4 is 10.6 Å². The highest BCUT2D eigenvalue weighted by Gasteiger charge is 2.07. The van der Waals surface area contributed by atoms with Crippen LogP contribution in [0.3, 0.4) is 0 Å². The first kappa shape index (κ1) is 21.2. The molecule has 2 rings (SSSR count). The molecule has 2 aromatic rings. The van der Waals surface area contributed by atoms with Gasteiger partial charge >= 0.3 is 11.9 Å². The van der Waals surface area contributed by atoms with Crippen LogP contribution in [0.2, 0.25) is 0 Å². The summed E-state index contributed by atoms with van der Waals surface area (Å²) in [6.07, 6.45) is 1.46. The van der Waals surface area contributed by atoms with E-state index >= 15 is 0 Å². The molecular formula is C16H17BrN2O7. The van der Waals surface area contributed by atoms with E-state index in [0.717, 1.165) is 10.0 Å². The molecule has 0 saturated heterocycles. The third-order valence-electron chi connectivity index (χ3n) is 2.87. The van der Waals surface area contributed by atoms with Crippen LogP contribution in [-0.4, -0.2) is 46.3 Å². The second-order valence-electron chi connectivity index (χ2n) is 4.79. The predicted molar refractivity (Wildman–Crippen MR) is 93.8 cm³/mol. The van der Waals surface area contributed by atoms with E-state index < -0.39 is 11.9 Å². The van der Waals surface area contributed by atoms with Crippen molar-refractivity contribution in [3.05, 3.63) is 52.4 Å². The third-order valence-corrected chi connectivity index (χ3v) is 3.37. The number of carbonyl (C=O) groups is 3. The van der Waals surface area contributed by atoms with Gasteiger partial charge in [0.2, 0.25) is 0 Å². The van der Waals surface area contributed by atoms with Crippen LogP contribution in [-0.2, 0) is 16.1 Å². The molecule has 1 heterocycles. The minimum absolute atomic E-state index is 0.234. The summed E-state index contributed by atoms with van der Waals surface area (Å²) >= 11 is 3.35. The Balaban J connectivity index is 0.000000487. The highest BCUT2D eigenvalue weighted by atomic mass is 79.9. The SMILES string of the molecule is O=C(NCCNCc1cc(Br)ccc1O)c1ccco1.O=C(O)C(=O)O. The van der Waals surface area contributed by atoms with Gasteiger partial charge in [-0.3, -0.25) is 4.79 Å². The molecule has 140 valence electrons.